The number of carbonyl (C=O) groups is 1. The Kier molecular flexibility index (Phi) is 3.49. The number of hydrogen-bond acceptors (Lipinski definition) is 4. The van der Waals surface area contributed by atoms with Gasteiger partial charge in [-0.05, 0) is 33.1 Å². The molecule has 1 saturated carbocycles. The van der Waals surface area contributed by atoms with Crippen LogP contribution in [0.3, 0.4) is 0 Å². The van der Waals surface area contributed by atoms with Crippen LogP contribution in [0.4, 0.5) is 0 Å². The Bertz CT molecular complexity index is 250. The Hall–Kier alpha value is -1.06. The van der Waals surface area contributed by atoms with E-state index in [2.05, 4.69) is 5.16 Å². The van der Waals surface area contributed by atoms with Crippen molar-refractivity contribution in [3.05, 3.63) is 0 Å². The zero-order valence-corrected chi connectivity index (χ0v) is 8.75. The molecule has 0 unspecified atom stereocenters. The fraction of sp³-hybridized carbons (Fsp3) is 0.800. The molecule has 1 aliphatic carbocycles. The first-order valence-corrected chi connectivity index (χ1v) is 5.03. The van der Waals surface area contributed by atoms with Crippen LogP contribution in [0.25, 0.3) is 0 Å². The van der Waals surface area contributed by atoms with Crippen LogP contribution in [-0.4, -0.2) is 23.5 Å². The molecule has 1 fully saturated rings. The third-order valence-corrected chi connectivity index (χ3v) is 2.82. The molecule has 1 rings (SSSR count). The molecule has 1 atom stereocenters. The van der Waals surface area contributed by atoms with Gasteiger partial charge in [-0.15, -0.1) is 0 Å². The topological polar surface area (TPSA) is 58.9 Å². The maximum Gasteiger partial charge on any atom is 0.317 e. The average molecular weight is 199 g/mol. The van der Waals surface area contributed by atoms with E-state index >= 15 is 0 Å². The first-order chi connectivity index (χ1) is 6.65. The molecule has 0 aromatic rings. The lowest BCUT2D eigenvalue weighted by molar-refractivity contribution is -0.151. The normalized spacial score (nSPS) is 30.3. The van der Waals surface area contributed by atoms with E-state index in [9.17, 15) is 4.79 Å². The van der Waals surface area contributed by atoms with E-state index in [0.717, 1.165) is 12.8 Å². The number of oxime groups is 1. The summed E-state index contributed by atoms with van der Waals surface area (Å²) in [5.74, 6) is -0.271. The number of esters is 1. The second-order valence-corrected chi connectivity index (χ2v) is 3.81. The number of hydrogen-bond donors (Lipinski definition) is 1. The lowest BCUT2D eigenvalue weighted by atomic mass is 9.74. The van der Waals surface area contributed by atoms with Crippen molar-refractivity contribution in [3.63, 3.8) is 0 Å². The molecule has 14 heavy (non-hydrogen) atoms. The summed E-state index contributed by atoms with van der Waals surface area (Å²) in [4.78, 5) is 11.7. The second-order valence-electron chi connectivity index (χ2n) is 3.81. The third-order valence-electron chi connectivity index (χ3n) is 2.82. The van der Waals surface area contributed by atoms with E-state index in [0.29, 0.717) is 25.2 Å². The van der Waals surface area contributed by atoms with E-state index in [-0.39, 0.29) is 5.97 Å². The minimum atomic E-state index is -0.705. The highest BCUT2D eigenvalue weighted by molar-refractivity contribution is 6.06. The van der Waals surface area contributed by atoms with E-state index < -0.39 is 5.41 Å². The van der Waals surface area contributed by atoms with Crippen LogP contribution in [0, 0.1) is 5.41 Å². The van der Waals surface area contributed by atoms with E-state index in [1.807, 2.05) is 0 Å². The van der Waals surface area contributed by atoms with Gasteiger partial charge in [0.05, 0.1) is 12.3 Å². The maximum absolute atomic E-state index is 11.7. The molecule has 4 heteroatoms. The van der Waals surface area contributed by atoms with Crippen molar-refractivity contribution in [2.45, 2.75) is 39.5 Å². The predicted molar refractivity (Wildman–Crippen MR) is 52.4 cm³/mol. The van der Waals surface area contributed by atoms with Crippen LogP contribution in [0.15, 0.2) is 5.16 Å². The molecule has 80 valence electrons. The SMILES string of the molecule is CCOC(=O)[C@]1(C)CCCC/C1=N\O. The van der Waals surface area contributed by atoms with E-state index in [1.165, 1.54) is 0 Å². The predicted octanol–water partition coefficient (Wildman–Crippen LogP) is 1.96. The van der Waals surface area contributed by atoms with Crippen molar-refractivity contribution >= 4 is 11.7 Å². The minimum Gasteiger partial charge on any atom is -0.465 e. The molecule has 0 bridgehead atoms. The van der Waals surface area contributed by atoms with Crippen molar-refractivity contribution in [2.75, 3.05) is 6.61 Å². The lowest BCUT2D eigenvalue weighted by Gasteiger charge is -2.31. The average Bonchev–Trinajstić information content (AvgIpc) is 2.19. The van der Waals surface area contributed by atoms with Gasteiger partial charge in [0, 0.05) is 0 Å². The molecule has 0 aromatic heterocycles. The summed E-state index contributed by atoms with van der Waals surface area (Å²) in [5.41, 5.74) is -0.148. The maximum atomic E-state index is 11.7. The van der Waals surface area contributed by atoms with Crippen LogP contribution in [0.2, 0.25) is 0 Å². The summed E-state index contributed by atoms with van der Waals surface area (Å²) < 4.78 is 4.99. The first kappa shape index (κ1) is 11.0. The molecule has 0 aromatic carbocycles. The van der Waals surface area contributed by atoms with Crippen molar-refractivity contribution in [2.24, 2.45) is 10.6 Å². The summed E-state index contributed by atoms with van der Waals surface area (Å²) >= 11 is 0. The Morgan fingerprint density at radius 2 is 2.36 bits per heavy atom. The highest BCUT2D eigenvalue weighted by Gasteiger charge is 2.42. The van der Waals surface area contributed by atoms with Crippen LogP contribution in [0.1, 0.15) is 39.5 Å². The zero-order valence-electron chi connectivity index (χ0n) is 8.75. The van der Waals surface area contributed by atoms with Crippen LogP contribution in [-0.2, 0) is 9.53 Å². The monoisotopic (exact) mass is 199 g/mol. The first-order valence-electron chi connectivity index (χ1n) is 5.03. The van der Waals surface area contributed by atoms with Gasteiger partial charge in [0.2, 0.25) is 0 Å². The Morgan fingerprint density at radius 1 is 1.64 bits per heavy atom. The van der Waals surface area contributed by atoms with Gasteiger partial charge < -0.3 is 9.94 Å². The van der Waals surface area contributed by atoms with Crippen molar-refractivity contribution in [1.82, 2.24) is 0 Å². The summed E-state index contributed by atoms with van der Waals surface area (Å²) in [6.45, 7) is 3.94. The molecule has 0 radical (unpaired) electrons. The zero-order chi connectivity index (χ0) is 10.6. The highest BCUT2D eigenvalue weighted by Crippen LogP contribution is 2.34. The van der Waals surface area contributed by atoms with E-state index in [4.69, 9.17) is 9.94 Å². The van der Waals surface area contributed by atoms with Gasteiger partial charge >= 0.3 is 5.97 Å². The standard InChI is InChI=1S/C10H17NO3/c1-3-14-9(12)10(2)7-5-4-6-8(10)11-13/h13H,3-7H2,1-2H3/b11-8+/t10-/m1/s1. The van der Waals surface area contributed by atoms with Crippen molar-refractivity contribution < 1.29 is 14.7 Å². The molecule has 1 aliphatic rings. The van der Waals surface area contributed by atoms with Crippen LogP contribution < -0.4 is 0 Å². The second kappa shape index (κ2) is 4.44. The van der Waals surface area contributed by atoms with Gasteiger partial charge in [-0.1, -0.05) is 11.6 Å². The van der Waals surface area contributed by atoms with Crippen molar-refractivity contribution in [1.29, 1.82) is 0 Å². The van der Waals surface area contributed by atoms with Gasteiger partial charge in [0.15, 0.2) is 0 Å². The molecule has 0 amide bonds. The fourth-order valence-corrected chi connectivity index (χ4v) is 1.86. The summed E-state index contributed by atoms with van der Waals surface area (Å²) in [7, 11) is 0. The van der Waals surface area contributed by atoms with Crippen LogP contribution >= 0.6 is 0 Å². The molecular weight excluding hydrogens is 182 g/mol. The fourth-order valence-electron chi connectivity index (χ4n) is 1.86. The minimum absolute atomic E-state index is 0.271. The number of nitrogens with zero attached hydrogens (tertiary/aromatic N) is 1. The largest absolute Gasteiger partial charge is 0.465 e. The molecule has 0 spiro atoms. The number of carbonyl (C=O) groups excluding carboxylic acids is 1. The van der Waals surface area contributed by atoms with Gasteiger partial charge in [0.1, 0.15) is 5.41 Å². The molecule has 0 heterocycles. The highest BCUT2D eigenvalue weighted by atomic mass is 16.5. The third kappa shape index (κ3) is 1.89. The Morgan fingerprint density at radius 3 is 2.93 bits per heavy atom. The molecule has 0 aliphatic heterocycles. The quantitative estimate of drug-likeness (QED) is 0.420. The molecular formula is C10H17NO3. The lowest BCUT2D eigenvalue weighted by Crippen LogP contribution is -2.40. The van der Waals surface area contributed by atoms with Gasteiger partial charge in [0.25, 0.3) is 0 Å². The van der Waals surface area contributed by atoms with Gasteiger partial charge in [-0.2, -0.15) is 0 Å². The molecule has 1 N–H and O–H groups in total. The Labute approximate surface area is 83.9 Å². The van der Waals surface area contributed by atoms with Gasteiger partial charge in [-0.25, -0.2) is 0 Å². The number of rotatable bonds is 2. The summed E-state index contributed by atoms with van der Waals surface area (Å²) in [6, 6.07) is 0. The number of ether oxygens (including phenoxy) is 1. The van der Waals surface area contributed by atoms with Crippen LogP contribution in [0.5, 0.6) is 0 Å². The Balaban J connectivity index is 2.82. The summed E-state index contributed by atoms with van der Waals surface area (Å²) in [5, 5.41) is 12.0. The molecule has 0 saturated heterocycles. The smallest absolute Gasteiger partial charge is 0.317 e. The van der Waals surface area contributed by atoms with E-state index in [1.54, 1.807) is 13.8 Å². The van der Waals surface area contributed by atoms with Crippen molar-refractivity contribution in [3.8, 4) is 0 Å². The molecule has 4 nitrogen and oxygen atoms in total. The van der Waals surface area contributed by atoms with Gasteiger partial charge in [-0.3, -0.25) is 4.79 Å². The summed E-state index contributed by atoms with van der Waals surface area (Å²) in [6.07, 6.45) is 3.36.